The first-order chi connectivity index (χ1) is 2.41. The third kappa shape index (κ3) is 3.58. The molecule has 2 nitrogen and oxygen atoms in total. The fourth-order valence-corrected chi connectivity index (χ4v) is 0.0732. The summed E-state index contributed by atoms with van der Waals surface area (Å²) < 4.78 is 3.90. The molecule has 0 aliphatic rings. The zero-order valence-corrected chi connectivity index (χ0v) is 3.20. The van der Waals surface area contributed by atoms with Gasteiger partial charge in [0.15, 0.2) is 6.07 Å². The SMILES string of the molecule is N#COCCl. The Hall–Kier alpha value is -0.420. The highest BCUT2D eigenvalue weighted by atomic mass is 35.5. The second kappa shape index (κ2) is 3.58. The average molecular weight is 91.5 g/mol. The van der Waals surface area contributed by atoms with Crippen LogP contribution in [0.15, 0.2) is 0 Å². The molecule has 0 unspecified atom stereocenters. The maximum absolute atomic E-state index is 7.51. The Morgan fingerprint density at radius 2 is 2.60 bits per heavy atom. The van der Waals surface area contributed by atoms with E-state index in [1.165, 1.54) is 6.26 Å². The summed E-state index contributed by atoms with van der Waals surface area (Å²) in [6.07, 6.45) is 1.39. The maximum atomic E-state index is 7.51. The van der Waals surface area contributed by atoms with Crippen LogP contribution in [-0.2, 0) is 4.74 Å². The summed E-state index contributed by atoms with van der Waals surface area (Å²) in [6, 6.07) is -0.0451. The third-order valence-electron chi connectivity index (χ3n) is 0.119. The van der Waals surface area contributed by atoms with Crippen LogP contribution >= 0.6 is 11.6 Å². The molecule has 0 rings (SSSR count). The minimum Gasteiger partial charge on any atom is -0.411 e. The lowest BCUT2D eigenvalue weighted by Gasteiger charge is -1.73. The van der Waals surface area contributed by atoms with Crippen LogP contribution in [0.25, 0.3) is 0 Å². The maximum Gasteiger partial charge on any atom is 0.287 e. The molecule has 28 valence electrons. The molecule has 0 spiro atoms. The first kappa shape index (κ1) is 4.58. The van der Waals surface area contributed by atoms with Crippen LogP contribution in [-0.4, -0.2) is 6.07 Å². The number of alkyl halides is 1. The Labute approximate surface area is 34.9 Å². The van der Waals surface area contributed by atoms with Gasteiger partial charge < -0.3 is 4.74 Å². The lowest BCUT2D eigenvalue weighted by Crippen LogP contribution is -1.68. The molecule has 5 heavy (non-hydrogen) atoms. The molecule has 0 saturated heterocycles. The highest BCUT2D eigenvalue weighted by Crippen LogP contribution is 1.70. The number of halogens is 1. The zero-order chi connectivity index (χ0) is 4.12. The summed E-state index contributed by atoms with van der Waals surface area (Å²) in [4.78, 5) is 0. The highest BCUT2D eigenvalue weighted by Gasteiger charge is 1.62. The van der Waals surface area contributed by atoms with Gasteiger partial charge in [-0.05, 0) is 0 Å². The molecule has 0 saturated carbocycles. The summed E-state index contributed by atoms with van der Waals surface area (Å²) in [6.45, 7) is 0. The van der Waals surface area contributed by atoms with Crippen molar-refractivity contribution < 1.29 is 4.74 Å². The highest BCUT2D eigenvalue weighted by molar-refractivity contribution is 6.17. The van der Waals surface area contributed by atoms with Crippen LogP contribution in [0.4, 0.5) is 0 Å². The molecule has 0 aliphatic carbocycles. The Morgan fingerprint density at radius 1 is 2.00 bits per heavy atom. The molecule has 0 aliphatic heterocycles. The van der Waals surface area contributed by atoms with Gasteiger partial charge in [0.25, 0.3) is 6.26 Å². The van der Waals surface area contributed by atoms with Crippen molar-refractivity contribution in [2.24, 2.45) is 0 Å². The second-order valence-electron chi connectivity index (χ2n) is 0.345. The molecule has 3 heteroatoms. The molecule has 0 radical (unpaired) electrons. The number of hydrogen-bond acceptors (Lipinski definition) is 2. The number of nitrogens with zero attached hydrogens (tertiary/aromatic N) is 1. The topological polar surface area (TPSA) is 33.0 Å². The average Bonchev–Trinajstić information content (AvgIpc) is 1.41. The number of hydrogen-bond donors (Lipinski definition) is 0. The van der Waals surface area contributed by atoms with E-state index in [0.29, 0.717) is 0 Å². The molecule has 0 bridgehead atoms. The van der Waals surface area contributed by atoms with E-state index in [4.69, 9.17) is 16.9 Å². The lowest BCUT2D eigenvalue weighted by molar-refractivity contribution is 0.336. The molecule has 0 aromatic carbocycles. The fourth-order valence-electron chi connectivity index (χ4n) is 0.0244. The first-order valence-corrected chi connectivity index (χ1v) is 1.52. The van der Waals surface area contributed by atoms with Crippen LogP contribution in [0.5, 0.6) is 0 Å². The monoisotopic (exact) mass is 91.0 g/mol. The third-order valence-corrected chi connectivity index (χ3v) is 0.228. The molecule has 0 fully saturated rings. The van der Waals surface area contributed by atoms with Crippen LogP contribution in [0.3, 0.4) is 0 Å². The Morgan fingerprint density at radius 3 is 2.60 bits per heavy atom. The summed E-state index contributed by atoms with van der Waals surface area (Å²) in [5, 5.41) is 7.51. The van der Waals surface area contributed by atoms with Crippen LogP contribution in [0.2, 0.25) is 0 Å². The van der Waals surface area contributed by atoms with E-state index in [-0.39, 0.29) is 6.07 Å². The van der Waals surface area contributed by atoms with Gasteiger partial charge in [0, 0.05) is 0 Å². The minimum absolute atomic E-state index is 0.0451. The van der Waals surface area contributed by atoms with Gasteiger partial charge in [-0.1, -0.05) is 11.6 Å². The predicted molar refractivity (Wildman–Crippen MR) is 17.4 cm³/mol. The van der Waals surface area contributed by atoms with Crippen molar-refractivity contribution in [2.45, 2.75) is 0 Å². The van der Waals surface area contributed by atoms with Crippen molar-refractivity contribution in [3.63, 3.8) is 0 Å². The Balaban J connectivity index is 2.48. The number of ether oxygens (including phenoxy) is 1. The lowest BCUT2D eigenvalue weighted by atomic mass is 11.5. The van der Waals surface area contributed by atoms with Gasteiger partial charge in [0.2, 0.25) is 0 Å². The van der Waals surface area contributed by atoms with Crippen molar-refractivity contribution in [1.82, 2.24) is 0 Å². The molecule has 0 aromatic heterocycles. The largest absolute Gasteiger partial charge is 0.411 e. The van der Waals surface area contributed by atoms with Crippen LogP contribution < -0.4 is 0 Å². The van der Waals surface area contributed by atoms with Gasteiger partial charge >= 0.3 is 0 Å². The van der Waals surface area contributed by atoms with E-state index in [1.807, 2.05) is 0 Å². The van der Waals surface area contributed by atoms with E-state index in [1.54, 1.807) is 0 Å². The van der Waals surface area contributed by atoms with E-state index < -0.39 is 0 Å². The van der Waals surface area contributed by atoms with Crippen molar-refractivity contribution in [1.29, 1.82) is 5.26 Å². The normalized spacial score (nSPS) is 5.60. The van der Waals surface area contributed by atoms with Crippen molar-refractivity contribution in [3.8, 4) is 6.26 Å². The quantitative estimate of drug-likeness (QED) is 0.351. The van der Waals surface area contributed by atoms with Gasteiger partial charge in [-0.2, -0.15) is 5.26 Å². The van der Waals surface area contributed by atoms with Gasteiger partial charge in [-0.25, -0.2) is 0 Å². The van der Waals surface area contributed by atoms with Crippen molar-refractivity contribution in [3.05, 3.63) is 0 Å². The standard InChI is InChI=1S/C2H2ClNO/c3-1-5-2-4/h1H2. The molecular formula is C2H2ClNO. The van der Waals surface area contributed by atoms with E-state index in [2.05, 4.69) is 4.74 Å². The summed E-state index contributed by atoms with van der Waals surface area (Å²) in [7, 11) is 0. The molecule has 0 heterocycles. The Kier molecular flexibility index (Phi) is 3.28. The van der Waals surface area contributed by atoms with Crippen molar-refractivity contribution >= 4 is 11.6 Å². The van der Waals surface area contributed by atoms with Gasteiger partial charge in [-0.15, -0.1) is 0 Å². The van der Waals surface area contributed by atoms with E-state index in [0.717, 1.165) is 0 Å². The van der Waals surface area contributed by atoms with E-state index in [9.17, 15) is 0 Å². The minimum atomic E-state index is -0.0451. The molecule has 0 N–H and O–H groups in total. The summed E-state index contributed by atoms with van der Waals surface area (Å²) >= 11 is 4.86. The van der Waals surface area contributed by atoms with Crippen molar-refractivity contribution in [2.75, 3.05) is 6.07 Å². The molecule has 0 amide bonds. The first-order valence-electron chi connectivity index (χ1n) is 0.984. The van der Waals surface area contributed by atoms with Crippen LogP contribution in [0, 0.1) is 11.5 Å². The zero-order valence-electron chi connectivity index (χ0n) is 2.44. The Bertz CT molecular complexity index is 48.1. The van der Waals surface area contributed by atoms with Gasteiger partial charge in [0.05, 0.1) is 0 Å². The van der Waals surface area contributed by atoms with Gasteiger partial charge in [0.1, 0.15) is 0 Å². The van der Waals surface area contributed by atoms with Crippen LogP contribution in [0.1, 0.15) is 0 Å². The second-order valence-corrected chi connectivity index (χ2v) is 0.563. The van der Waals surface area contributed by atoms with E-state index >= 15 is 0 Å². The molecule has 0 aromatic rings. The smallest absolute Gasteiger partial charge is 0.287 e. The number of nitriles is 1. The molecule has 0 atom stereocenters. The summed E-state index contributed by atoms with van der Waals surface area (Å²) in [5.41, 5.74) is 0. The fraction of sp³-hybridized carbons (Fsp3) is 0.500. The summed E-state index contributed by atoms with van der Waals surface area (Å²) in [5.74, 6) is 0. The van der Waals surface area contributed by atoms with Gasteiger partial charge in [-0.3, -0.25) is 0 Å². The predicted octanol–water partition coefficient (Wildman–Crippen LogP) is 0.680. The molecular weight excluding hydrogens is 89.5 g/mol. The number of rotatable bonds is 1.